The van der Waals surface area contributed by atoms with Gasteiger partial charge in [0, 0.05) is 13.5 Å². The first-order valence-corrected chi connectivity index (χ1v) is 5.38. The molecule has 1 aliphatic rings. The molecule has 14 heavy (non-hydrogen) atoms. The molecule has 1 fully saturated rings. The van der Waals surface area contributed by atoms with Gasteiger partial charge >= 0.3 is 0 Å². The van der Waals surface area contributed by atoms with Crippen molar-refractivity contribution in [3.05, 3.63) is 0 Å². The highest BCUT2D eigenvalue weighted by atomic mass is 16.5. The summed E-state index contributed by atoms with van der Waals surface area (Å²) in [6.07, 6.45) is 1.24. The number of nitrogens with zero attached hydrogens (tertiary/aromatic N) is 1. The molecule has 0 amide bonds. The Morgan fingerprint density at radius 3 is 2.71 bits per heavy atom. The van der Waals surface area contributed by atoms with E-state index >= 15 is 0 Å². The van der Waals surface area contributed by atoms with Crippen LogP contribution in [0.1, 0.15) is 34.1 Å². The predicted molar refractivity (Wildman–Crippen MR) is 59.8 cm³/mol. The maximum Gasteiger partial charge on any atom is 0.180 e. The third-order valence-corrected chi connectivity index (χ3v) is 2.19. The lowest BCUT2D eigenvalue weighted by molar-refractivity contribution is 0.114. The van der Waals surface area contributed by atoms with Gasteiger partial charge in [0.05, 0.1) is 0 Å². The lowest BCUT2D eigenvalue weighted by Crippen LogP contribution is -2.23. The summed E-state index contributed by atoms with van der Waals surface area (Å²) < 4.78 is 5.63. The van der Waals surface area contributed by atoms with E-state index in [1.807, 2.05) is 27.7 Å². The van der Waals surface area contributed by atoms with E-state index in [-0.39, 0.29) is 5.60 Å². The lowest BCUT2D eigenvalue weighted by atomic mass is 10.1. The second kappa shape index (κ2) is 4.78. The van der Waals surface area contributed by atoms with Crippen LogP contribution in [0.2, 0.25) is 0 Å². The van der Waals surface area contributed by atoms with Gasteiger partial charge in [-0.3, -0.25) is 4.99 Å². The predicted octanol–water partition coefficient (Wildman–Crippen LogP) is 1.83. The van der Waals surface area contributed by atoms with Crippen LogP contribution in [0.5, 0.6) is 0 Å². The van der Waals surface area contributed by atoms with Crippen molar-refractivity contribution in [2.24, 2.45) is 10.9 Å². The standard InChI is InChI=1S/C11H22N2O/c1-9(14-11(2,3)4)13-8-10-5-6-12-7-10/h10,12H,5-8H2,1-4H3. The summed E-state index contributed by atoms with van der Waals surface area (Å²) in [5, 5.41) is 3.33. The third kappa shape index (κ3) is 4.61. The first kappa shape index (κ1) is 11.5. The summed E-state index contributed by atoms with van der Waals surface area (Å²) in [6, 6.07) is 0. The van der Waals surface area contributed by atoms with Crippen LogP contribution >= 0.6 is 0 Å². The average molecular weight is 198 g/mol. The van der Waals surface area contributed by atoms with E-state index in [4.69, 9.17) is 4.74 Å². The Morgan fingerprint density at radius 1 is 1.50 bits per heavy atom. The Labute approximate surface area is 86.9 Å². The zero-order valence-corrected chi connectivity index (χ0v) is 9.76. The largest absolute Gasteiger partial charge is 0.476 e. The van der Waals surface area contributed by atoms with E-state index in [0.29, 0.717) is 5.92 Å². The van der Waals surface area contributed by atoms with Gasteiger partial charge in [0.1, 0.15) is 5.60 Å². The Hall–Kier alpha value is -0.570. The average Bonchev–Trinajstić information content (AvgIpc) is 2.49. The second-order valence-corrected chi connectivity index (χ2v) is 4.93. The molecule has 1 unspecified atom stereocenters. The molecule has 0 aliphatic carbocycles. The molecule has 1 aliphatic heterocycles. The fourth-order valence-corrected chi connectivity index (χ4v) is 1.60. The summed E-state index contributed by atoms with van der Waals surface area (Å²) in [7, 11) is 0. The highest BCUT2D eigenvalue weighted by Gasteiger charge is 2.15. The number of nitrogens with one attached hydrogen (secondary N) is 1. The van der Waals surface area contributed by atoms with Crippen LogP contribution in [0, 0.1) is 5.92 Å². The molecule has 1 heterocycles. The molecule has 1 rings (SSSR count). The molecule has 3 heteroatoms. The van der Waals surface area contributed by atoms with Crippen LogP contribution in [-0.2, 0) is 4.74 Å². The SMILES string of the molecule is CC(=NCC1CCNC1)OC(C)(C)C. The zero-order valence-electron chi connectivity index (χ0n) is 9.76. The molecular formula is C11H22N2O. The van der Waals surface area contributed by atoms with Gasteiger partial charge in [0.15, 0.2) is 5.90 Å². The van der Waals surface area contributed by atoms with Crippen molar-refractivity contribution in [2.45, 2.75) is 39.7 Å². The Balaban J connectivity index is 2.28. The fraction of sp³-hybridized carbons (Fsp3) is 0.909. The smallest absolute Gasteiger partial charge is 0.180 e. The van der Waals surface area contributed by atoms with Crippen LogP contribution in [0.15, 0.2) is 4.99 Å². The quantitative estimate of drug-likeness (QED) is 0.542. The molecule has 0 saturated carbocycles. The number of aliphatic imine (C=N–C) groups is 1. The van der Waals surface area contributed by atoms with Gasteiger partial charge < -0.3 is 10.1 Å². The molecule has 0 radical (unpaired) electrons. The van der Waals surface area contributed by atoms with Crippen LogP contribution in [0.25, 0.3) is 0 Å². The first-order valence-electron chi connectivity index (χ1n) is 5.38. The Bertz CT molecular complexity index is 200. The summed E-state index contributed by atoms with van der Waals surface area (Å²) in [5.41, 5.74) is -0.124. The Kier molecular flexibility index (Phi) is 3.93. The molecule has 1 saturated heterocycles. The molecule has 0 bridgehead atoms. The van der Waals surface area contributed by atoms with Crippen molar-refractivity contribution < 1.29 is 4.74 Å². The van der Waals surface area contributed by atoms with Gasteiger partial charge in [-0.15, -0.1) is 0 Å². The van der Waals surface area contributed by atoms with Crippen LogP contribution in [-0.4, -0.2) is 31.1 Å². The molecule has 1 N–H and O–H groups in total. The minimum atomic E-state index is -0.124. The van der Waals surface area contributed by atoms with Crippen molar-refractivity contribution in [3.63, 3.8) is 0 Å². The van der Waals surface area contributed by atoms with Gasteiger partial charge in [-0.1, -0.05) is 0 Å². The summed E-state index contributed by atoms with van der Waals surface area (Å²) in [5.74, 6) is 1.51. The topological polar surface area (TPSA) is 33.6 Å². The number of hydrogen-bond acceptors (Lipinski definition) is 3. The molecule has 0 aromatic carbocycles. The summed E-state index contributed by atoms with van der Waals surface area (Å²) in [4.78, 5) is 4.45. The second-order valence-electron chi connectivity index (χ2n) is 4.93. The molecule has 1 atom stereocenters. The third-order valence-electron chi connectivity index (χ3n) is 2.19. The van der Waals surface area contributed by atoms with E-state index in [1.54, 1.807) is 0 Å². The molecule has 0 aromatic rings. The van der Waals surface area contributed by atoms with Crippen LogP contribution in [0.3, 0.4) is 0 Å². The maximum absolute atomic E-state index is 5.63. The lowest BCUT2D eigenvalue weighted by Gasteiger charge is -2.20. The van der Waals surface area contributed by atoms with Crippen molar-refractivity contribution in [2.75, 3.05) is 19.6 Å². The highest BCUT2D eigenvalue weighted by molar-refractivity contribution is 5.73. The maximum atomic E-state index is 5.63. The molecule has 0 aromatic heterocycles. The fourth-order valence-electron chi connectivity index (χ4n) is 1.60. The normalized spacial score (nSPS) is 24.0. The van der Waals surface area contributed by atoms with Gasteiger partial charge in [0.2, 0.25) is 0 Å². The van der Waals surface area contributed by atoms with Gasteiger partial charge in [0.25, 0.3) is 0 Å². The number of hydrogen-bond donors (Lipinski definition) is 1. The van der Waals surface area contributed by atoms with E-state index in [2.05, 4.69) is 10.3 Å². The monoisotopic (exact) mass is 198 g/mol. The van der Waals surface area contributed by atoms with Crippen molar-refractivity contribution in [1.82, 2.24) is 5.32 Å². The molecular weight excluding hydrogens is 176 g/mol. The number of ether oxygens (including phenoxy) is 1. The minimum Gasteiger partial charge on any atom is -0.476 e. The summed E-state index contributed by atoms with van der Waals surface area (Å²) in [6.45, 7) is 11.2. The van der Waals surface area contributed by atoms with Gasteiger partial charge in [-0.25, -0.2) is 0 Å². The van der Waals surface area contributed by atoms with Crippen molar-refractivity contribution >= 4 is 5.90 Å². The van der Waals surface area contributed by atoms with Crippen molar-refractivity contribution in [3.8, 4) is 0 Å². The van der Waals surface area contributed by atoms with E-state index in [9.17, 15) is 0 Å². The molecule has 0 spiro atoms. The number of rotatable bonds is 2. The zero-order chi connectivity index (χ0) is 10.6. The van der Waals surface area contributed by atoms with Gasteiger partial charge in [-0.05, 0) is 46.2 Å². The first-order chi connectivity index (χ1) is 6.47. The summed E-state index contributed by atoms with van der Waals surface area (Å²) >= 11 is 0. The molecule has 3 nitrogen and oxygen atoms in total. The van der Waals surface area contributed by atoms with Crippen LogP contribution in [0.4, 0.5) is 0 Å². The van der Waals surface area contributed by atoms with E-state index in [0.717, 1.165) is 25.5 Å². The highest BCUT2D eigenvalue weighted by Crippen LogP contribution is 2.10. The van der Waals surface area contributed by atoms with E-state index < -0.39 is 0 Å². The van der Waals surface area contributed by atoms with Gasteiger partial charge in [-0.2, -0.15) is 0 Å². The molecule has 82 valence electrons. The van der Waals surface area contributed by atoms with E-state index in [1.165, 1.54) is 6.42 Å². The Morgan fingerprint density at radius 2 is 2.21 bits per heavy atom. The minimum absolute atomic E-state index is 0.124. The van der Waals surface area contributed by atoms with Crippen LogP contribution < -0.4 is 5.32 Å². The van der Waals surface area contributed by atoms with Crippen molar-refractivity contribution in [1.29, 1.82) is 0 Å².